The van der Waals surface area contributed by atoms with Crippen LogP contribution in [0.3, 0.4) is 0 Å². The minimum Gasteiger partial charge on any atom is -0.459 e. The smallest absolute Gasteiger partial charge is 0.301 e. The van der Waals surface area contributed by atoms with Crippen LogP contribution in [0.5, 0.6) is 0 Å². The summed E-state index contributed by atoms with van der Waals surface area (Å²) >= 11 is 0. The highest BCUT2D eigenvalue weighted by Gasteiger charge is 2.21. The zero-order valence-electron chi connectivity index (χ0n) is 11.6. The predicted molar refractivity (Wildman–Crippen MR) is 72.5 cm³/mol. The monoisotopic (exact) mass is 280 g/mol. The third-order valence-corrected chi connectivity index (χ3v) is 3.39. The van der Waals surface area contributed by atoms with Gasteiger partial charge in [0, 0.05) is 25.2 Å². The van der Waals surface area contributed by atoms with Crippen molar-refractivity contribution < 1.29 is 14.0 Å². The van der Waals surface area contributed by atoms with Crippen LogP contribution < -0.4 is 11.3 Å². The van der Waals surface area contributed by atoms with Crippen LogP contribution in [0.2, 0.25) is 0 Å². The maximum Gasteiger partial charge on any atom is 0.301 e. The number of carbonyl (C=O) groups excluding carboxylic acids is 2. The minimum absolute atomic E-state index is 0.123. The topological polar surface area (TPSA) is 91.8 Å². The first-order chi connectivity index (χ1) is 9.61. The Kier molecular flexibility index (Phi) is 4.75. The van der Waals surface area contributed by atoms with E-state index in [0.717, 1.165) is 25.9 Å². The lowest BCUT2D eigenvalue weighted by atomic mass is 10.2. The Balaban J connectivity index is 1.91. The summed E-state index contributed by atoms with van der Waals surface area (Å²) in [7, 11) is 1.84. The van der Waals surface area contributed by atoms with Gasteiger partial charge in [-0.3, -0.25) is 19.9 Å². The predicted octanol–water partition coefficient (Wildman–Crippen LogP) is -0.0627. The van der Waals surface area contributed by atoms with E-state index in [2.05, 4.69) is 0 Å². The lowest BCUT2D eigenvalue weighted by molar-refractivity contribution is -0.131. The number of hydrazine groups is 1. The second-order valence-electron chi connectivity index (χ2n) is 5.01. The van der Waals surface area contributed by atoms with E-state index in [4.69, 9.17) is 10.3 Å². The summed E-state index contributed by atoms with van der Waals surface area (Å²) in [6, 6.07) is 1.71. The number of nitrogen functional groups attached to an aromatic ring is 1. The van der Waals surface area contributed by atoms with Gasteiger partial charge >= 0.3 is 5.91 Å². The molecule has 0 radical (unpaired) electrons. The Hall–Kier alpha value is -1.86. The van der Waals surface area contributed by atoms with Crippen molar-refractivity contribution in [1.82, 2.24) is 15.2 Å². The van der Waals surface area contributed by atoms with Crippen LogP contribution in [-0.4, -0.2) is 48.3 Å². The first kappa shape index (κ1) is 14.5. The quantitative estimate of drug-likeness (QED) is 0.448. The van der Waals surface area contributed by atoms with Crippen LogP contribution in [0, 0.1) is 0 Å². The van der Waals surface area contributed by atoms with Crippen molar-refractivity contribution >= 4 is 11.8 Å². The minimum atomic E-state index is -0.468. The van der Waals surface area contributed by atoms with E-state index >= 15 is 0 Å². The highest BCUT2D eigenvalue weighted by atomic mass is 16.3. The largest absolute Gasteiger partial charge is 0.459 e. The molecule has 7 nitrogen and oxygen atoms in total. The molecule has 0 aliphatic carbocycles. The van der Waals surface area contributed by atoms with Gasteiger partial charge in [0.25, 0.3) is 0 Å². The molecular formula is C13H20N4O3. The van der Waals surface area contributed by atoms with Crippen LogP contribution in [0.4, 0.5) is 0 Å². The molecule has 1 aromatic rings. The number of amides is 2. The lowest BCUT2D eigenvalue weighted by Crippen LogP contribution is -2.37. The number of rotatable bonds is 5. The molecule has 2 heterocycles. The molecular weight excluding hydrogens is 260 g/mol. The van der Waals surface area contributed by atoms with Crippen molar-refractivity contribution in [3.8, 4) is 0 Å². The number of nitrogens with two attached hydrogens (primary N) is 1. The number of hydrogen-bond acceptors (Lipinski definition) is 5. The standard InChI is InChI=1S/C13H20N4O3/c1-16(9-11(18)17-5-2-3-6-17)8-10-4-7-20-12(10)13(19)15-14/h4,7H,2-3,5-6,8-9,14H2,1H3,(H,15,19). The van der Waals surface area contributed by atoms with Gasteiger partial charge in [0.2, 0.25) is 5.91 Å². The summed E-state index contributed by atoms with van der Waals surface area (Å²) in [4.78, 5) is 27.2. The van der Waals surface area contributed by atoms with E-state index in [1.807, 2.05) is 22.3 Å². The van der Waals surface area contributed by atoms with Gasteiger partial charge < -0.3 is 9.32 Å². The van der Waals surface area contributed by atoms with Crippen molar-refractivity contribution in [3.05, 3.63) is 23.7 Å². The van der Waals surface area contributed by atoms with Gasteiger partial charge in [-0.25, -0.2) is 5.84 Å². The fourth-order valence-electron chi connectivity index (χ4n) is 2.37. The van der Waals surface area contributed by atoms with E-state index in [9.17, 15) is 9.59 Å². The van der Waals surface area contributed by atoms with Gasteiger partial charge in [-0.2, -0.15) is 0 Å². The van der Waals surface area contributed by atoms with Crippen LogP contribution in [0.1, 0.15) is 29.0 Å². The zero-order valence-corrected chi connectivity index (χ0v) is 11.6. The summed E-state index contributed by atoms with van der Waals surface area (Å²) in [5.74, 6) is 4.94. The van der Waals surface area contributed by atoms with Crippen LogP contribution in [0.15, 0.2) is 16.7 Å². The number of nitrogens with zero attached hydrogens (tertiary/aromatic N) is 2. The normalized spacial score (nSPS) is 14.8. The number of carbonyl (C=O) groups is 2. The van der Waals surface area contributed by atoms with E-state index in [0.29, 0.717) is 18.7 Å². The Morgan fingerprint density at radius 3 is 2.80 bits per heavy atom. The van der Waals surface area contributed by atoms with Crippen LogP contribution in [-0.2, 0) is 11.3 Å². The number of nitrogens with one attached hydrogen (secondary N) is 1. The van der Waals surface area contributed by atoms with Crippen molar-refractivity contribution in [1.29, 1.82) is 0 Å². The van der Waals surface area contributed by atoms with E-state index in [1.54, 1.807) is 6.07 Å². The molecule has 1 aliphatic rings. The maximum atomic E-state index is 12.0. The van der Waals surface area contributed by atoms with Crippen molar-refractivity contribution in [2.45, 2.75) is 19.4 Å². The van der Waals surface area contributed by atoms with Gasteiger partial charge in [-0.1, -0.05) is 0 Å². The van der Waals surface area contributed by atoms with Crippen LogP contribution >= 0.6 is 0 Å². The third kappa shape index (κ3) is 3.37. The van der Waals surface area contributed by atoms with Gasteiger partial charge in [0.15, 0.2) is 5.76 Å². The SMILES string of the molecule is CN(CC(=O)N1CCCC1)Cc1ccoc1C(=O)NN. The molecule has 0 spiro atoms. The Morgan fingerprint density at radius 1 is 1.45 bits per heavy atom. The fraction of sp³-hybridized carbons (Fsp3) is 0.538. The van der Waals surface area contributed by atoms with E-state index in [1.165, 1.54) is 6.26 Å². The molecule has 1 aromatic heterocycles. The lowest BCUT2D eigenvalue weighted by Gasteiger charge is -2.20. The molecule has 20 heavy (non-hydrogen) atoms. The summed E-state index contributed by atoms with van der Waals surface area (Å²) in [5, 5.41) is 0. The van der Waals surface area contributed by atoms with Crippen molar-refractivity contribution in [2.75, 3.05) is 26.7 Å². The van der Waals surface area contributed by atoms with Crippen LogP contribution in [0.25, 0.3) is 0 Å². The highest BCUT2D eigenvalue weighted by molar-refractivity contribution is 5.92. The maximum absolute atomic E-state index is 12.0. The molecule has 2 amide bonds. The molecule has 110 valence electrons. The highest BCUT2D eigenvalue weighted by Crippen LogP contribution is 2.13. The number of likely N-dealkylation sites (tertiary alicyclic amines) is 1. The molecule has 0 saturated carbocycles. The summed E-state index contributed by atoms with van der Waals surface area (Å²) in [6.07, 6.45) is 3.60. The Labute approximate surface area is 117 Å². The van der Waals surface area contributed by atoms with Gasteiger partial charge in [-0.15, -0.1) is 0 Å². The number of furan rings is 1. The summed E-state index contributed by atoms with van der Waals surface area (Å²) in [5.41, 5.74) is 2.75. The van der Waals surface area contributed by atoms with Crippen molar-refractivity contribution in [3.63, 3.8) is 0 Å². The first-order valence-electron chi connectivity index (χ1n) is 6.65. The molecule has 0 aromatic carbocycles. The molecule has 0 atom stereocenters. The average molecular weight is 280 g/mol. The molecule has 1 aliphatic heterocycles. The summed E-state index contributed by atoms with van der Waals surface area (Å²) < 4.78 is 5.11. The Bertz CT molecular complexity index is 480. The summed E-state index contributed by atoms with van der Waals surface area (Å²) in [6.45, 7) is 2.48. The van der Waals surface area contributed by atoms with Gasteiger partial charge in [-0.05, 0) is 26.0 Å². The van der Waals surface area contributed by atoms with Gasteiger partial charge in [0.1, 0.15) is 0 Å². The fourth-order valence-corrected chi connectivity index (χ4v) is 2.37. The second-order valence-corrected chi connectivity index (χ2v) is 5.01. The molecule has 7 heteroatoms. The second kappa shape index (κ2) is 6.53. The molecule has 0 unspecified atom stereocenters. The number of likely N-dealkylation sites (N-methyl/N-ethyl adjacent to an activating group) is 1. The molecule has 3 N–H and O–H groups in total. The number of hydrogen-bond donors (Lipinski definition) is 2. The Morgan fingerprint density at radius 2 is 2.15 bits per heavy atom. The van der Waals surface area contributed by atoms with Crippen molar-refractivity contribution in [2.24, 2.45) is 5.84 Å². The van der Waals surface area contributed by atoms with E-state index < -0.39 is 5.91 Å². The average Bonchev–Trinajstić information content (AvgIpc) is 3.08. The van der Waals surface area contributed by atoms with E-state index in [-0.39, 0.29) is 11.7 Å². The molecule has 1 fully saturated rings. The van der Waals surface area contributed by atoms with Gasteiger partial charge in [0.05, 0.1) is 12.8 Å². The third-order valence-electron chi connectivity index (χ3n) is 3.39. The molecule has 2 rings (SSSR count). The first-order valence-corrected chi connectivity index (χ1v) is 6.65. The zero-order chi connectivity index (χ0) is 14.5. The molecule has 1 saturated heterocycles. The molecule has 0 bridgehead atoms.